The van der Waals surface area contributed by atoms with Crippen molar-refractivity contribution in [2.24, 2.45) is 5.92 Å². The smallest absolute Gasteiger partial charge is 0.141 e. The van der Waals surface area contributed by atoms with Gasteiger partial charge in [-0.05, 0) is 36.2 Å². The molecule has 0 spiro atoms. The summed E-state index contributed by atoms with van der Waals surface area (Å²) in [5, 5.41) is 3.39. The summed E-state index contributed by atoms with van der Waals surface area (Å²) in [5.74, 6) is 0.822. The van der Waals surface area contributed by atoms with Gasteiger partial charge in [-0.15, -0.1) is 0 Å². The van der Waals surface area contributed by atoms with Crippen LogP contribution in [-0.2, 0) is 0 Å². The molecule has 0 bridgehead atoms. The monoisotopic (exact) mass is 305 g/mol. The molecule has 1 saturated heterocycles. The predicted octanol–water partition coefficient (Wildman–Crippen LogP) is 4.13. The van der Waals surface area contributed by atoms with Crippen LogP contribution in [0.3, 0.4) is 0 Å². The van der Waals surface area contributed by atoms with Gasteiger partial charge >= 0.3 is 0 Å². The summed E-state index contributed by atoms with van der Waals surface area (Å²) >= 11 is 5.91. The zero-order valence-corrected chi connectivity index (χ0v) is 12.5. The van der Waals surface area contributed by atoms with E-state index in [9.17, 15) is 4.39 Å². The third-order valence-electron chi connectivity index (χ3n) is 3.86. The fourth-order valence-electron chi connectivity index (χ4n) is 2.48. The van der Waals surface area contributed by atoms with Crippen molar-refractivity contribution in [2.75, 3.05) is 13.1 Å². The van der Waals surface area contributed by atoms with Gasteiger partial charge in [0.05, 0.1) is 5.02 Å². The number of aryl methyl sites for hydroxylation is 1. The number of ether oxygens (including phenoxy) is 1. The lowest BCUT2D eigenvalue weighted by atomic mass is 9.90. The normalized spacial score (nSPS) is 16.3. The van der Waals surface area contributed by atoms with Gasteiger partial charge in [0.15, 0.2) is 0 Å². The summed E-state index contributed by atoms with van der Waals surface area (Å²) in [6.07, 6.45) is -0.120. The van der Waals surface area contributed by atoms with E-state index < -0.39 is 5.82 Å². The molecule has 0 aromatic heterocycles. The van der Waals surface area contributed by atoms with E-state index in [0.717, 1.165) is 30.0 Å². The molecule has 3 rings (SSSR count). The average Bonchev–Trinajstić information content (AvgIpc) is 2.41. The molecule has 110 valence electrons. The highest BCUT2D eigenvalue weighted by Crippen LogP contribution is 2.33. The minimum Gasteiger partial charge on any atom is -0.485 e. The molecule has 1 aliphatic heterocycles. The highest BCUT2D eigenvalue weighted by atomic mass is 35.5. The number of hydrogen-bond acceptors (Lipinski definition) is 2. The molecule has 1 heterocycles. The summed E-state index contributed by atoms with van der Waals surface area (Å²) < 4.78 is 19.6. The van der Waals surface area contributed by atoms with E-state index in [-0.39, 0.29) is 11.1 Å². The van der Waals surface area contributed by atoms with Gasteiger partial charge in [-0.3, -0.25) is 0 Å². The highest BCUT2D eigenvalue weighted by molar-refractivity contribution is 6.30. The third-order valence-corrected chi connectivity index (χ3v) is 4.15. The molecular weight excluding hydrogens is 289 g/mol. The SMILES string of the molecule is Cc1ccccc1OC(c1ccc(F)c(Cl)c1)C1CNC1. The van der Waals surface area contributed by atoms with E-state index in [0.29, 0.717) is 5.92 Å². The number of benzene rings is 2. The molecule has 0 amide bonds. The first-order chi connectivity index (χ1) is 10.1. The van der Waals surface area contributed by atoms with Crippen molar-refractivity contribution in [2.45, 2.75) is 13.0 Å². The second kappa shape index (κ2) is 6.04. The van der Waals surface area contributed by atoms with Crippen LogP contribution in [0.25, 0.3) is 0 Å². The van der Waals surface area contributed by atoms with Crippen LogP contribution in [0, 0.1) is 18.7 Å². The van der Waals surface area contributed by atoms with E-state index in [1.54, 1.807) is 12.1 Å². The molecule has 1 unspecified atom stereocenters. The van der Waals surface area contributed by atoms with E-state index in [2.05, 4.69) is 5.32 Å². The van der Waals surface area contributed by atoms with Crippen LogP contribution in [0.15, 0.2) is 42.5 Å². The van der Waals surface area contributed by atoms with Crippen LogP contribution >= 0.6 is 11.6 Å². The number of rotatable bonds is 4. The Bertz CT molecular complexity index is 642. The maximum atomic E-state index is 13.4. The Hall–Kier alpha value is -1.58. The molecule has 2 nitrogen and oxygen atoms in total. The van der Waals surface area contributed by atoms with Crippen molar-refractivity contribution >= 4 is 11.6 Å². The van der Waals surface area contributed by atoms with Gasteiger partial charge in [-0.2, -0.15) is 0 Å². The molecule has 0 saturated carbocycles. The molecule has 1 N–H and O–H groups in total. The van der Waals surface area contributed by atoms with Gasteiger partial charge in [0.25, 0.3) is 0 Å². The minimum atomic E-state index is -0.401. The lowest BCUT2D eigenvalue weighted by Gasteiger charge is -2.35. The molecule has 21 heavy (non-hydrogen) atoms. The lowest BCUT2D eigenvalue weighted by molar-refractivity contribution is 0.0985. The topological polar surface area (TPSA) is 21.3 Å². The third kappa shape index (κ3) is 3.04. The van der Waals surface area contributed by atoms with E-state index in [1.807, 2.05) is 31.2 Å². The molecule has 0 aliphatic carbocycles. The summed E-state index contributed by atoms with van der Waals surface area (Å²) in [4.78, 5) is 0. The van der Waals surface area contributed by atoms with Crippen LogP contribution in [0.5, 0.6) is 5.75 Å². The Morgan fingerprint density at radius 2 is 2.00 bits per heavy atom. The second-order valence-electron chi connectivity index (χ2n) is 5.40. The average molecular weight is 306 g/mol. The van der Waals surface area contributed by atoms with Gasteiger partial charge < -0.3 is 10.1 Å². The Morgan fingerprint density at radius 1 is 1.24 bits per heavy atom. The number of nitrogens with one attached hydrogen (secondary N) is 1. The van der Waals surface area contributed by atoms with Crippen LogP contribution in [0.2, 0.25) is 5.02 Å². The zero-order chi connectivity index (χ0) is 14.8. The van der Waals surface area contributed by atoms with Gasteiger partial charge in [-0.1, -0.05) is 35.9 Å². The van der Waals surface area contributed by atoms with Gasteiger partial charge in [-0.25, -0.2) is 4.39 Å². The molecule has 2 aromatic carbocycles. The molecule has 4 heteroatoms. The molecular formula is C17H17ClFNO. The predicted molar refractivity (Wildman–Crippen MR) is 82.3 cm³/mol. The quantitative estimate of drug-likeness (QED) is 0.917. The van der Waals surface area contributed by atoms with Crippen molar-refractivity contribution in [1.29, 1.82) is 0 Å². The van der Waals surface area contributed by atoms with Crippen LogP contribution in [-0.4, -0.2) is 13.1 Å². The van der Waals surface area contributed by atoms with Crippen molar-refractivity contribution in [3.05, 3.63) is 64.4 Å². The Labute approximate surface area is 128 Å². The van der Waals surface area contributed by atoms with E-state index in [1.165, 1.54) is 6.07 Å². The van der Waals surface area contributed by atoms with E-state index in [4.69, 9.17) is 16.3 Å². The molecule has 1 aliphatic rings. The van der Waals surface area contributed by atoms with Crippen molar-refractivity contribution in [1.82, 2.24) is 5.32 Å². The van der Waals surface area contributed by atoms with Crippen molar-refractivity contribution < 1.29 is 9.13 Å². The van der Waals surface area contributed by atoms with Crippen molar-refractivity contribution in [3.8, 4) is 5.75 Å². The Kier molecular flexibility index (Phi) is 4.13. The summed E-state index contributed by atoms with van der Waals surface area (Å²) in [5.41, 5.74) is 2.00. The highest BCUT2D eigenvalue weighted by Gasteiger charge is 2.30. The molecule has 1 atom stereocenters. The number of para-hydroxylation sites is 1. The largest absolute Gasteiger partial charge is 0.485 e. The zero-order valence-electron chi connectivity index (χ0n) is 11.8. The fourth-order valence-corrected chi connectivity index (χ4v) is 2.67. The van der Waals surface area contributed by atoms with Crippen molar-refractivity contribution in [3.63, 3.8) is 0 Å². The van der Waals surface area contributed by atoms with Gasteiger partial charge in [0.1, 0.15) is 17.7 Å². The first kappa shape index (κ1) is 14.4. The first-order valence-corrected chi connectivity index (χ1v) is 7.41. The van der Waals surface area contributed by atoms with Crippen LogP contribution < -0.4 is 10.1 Å². The maximum absolute atomic E-state index is 13.4. The maximum Gasteiger partial charge on any atom is 0.141 e. The Balaban J connectivity index is 1.90. The molecule has 2 aromatic rings. The Morgan fingerprint density at radius 3 is 2.62 bits per heavy atom. The summed E-state index contributed by atoms with van der Waals surface area (Å²) in [6.45, 7) is 3.81. The molecule has 1 fully saturated rings. The summed E-state index contributed by atoms with van der Waals surface area (Å²) in [7, 11) is 0. The van der Waals surface area contributed by atoms with E-state index >= 15 is 0 Å². The standard InChI is InChI=1S/C17H17ClFNO/c1-11-4-2-3-5-16(11)21-17(13-9-20-10-13)12-6-7-15(19)14(18)8-12/h2-8,13,17,20H,9-10H2,1H3. The fraction of sp³-hybridized carbons (Fsp3) is 0.294. The summed E-state index contributed by atoms with van der Waals surface area (Å²) in [6, 6.07) is 12.7. The number of halogens is 2. The lowest BCUT2D eigenvalue weighted by Crippen LogP contribution is -2.46. The minimum absolute atomic E-state index is 0.120. The number of hydrogen-bond donors (Lipinski definition) is 1. The second-order valence-corrected chi connectivity index (χ2v) is 5.80. The van der Waals surface area contributed by atoms with Gasteiger partial charge in [0, 0.05) is 19.0 Å². The van der Waals surface area contributed by atoms with Crippen LogP contribution in [0.4, 0.5) is 4.39 Å². The van der Waals surface area contributed by atoms with Crippen LogP contribution in [0.1, 0.15) is 17.2 Å². The molecule has 0 radical (unpaired) electrons. The van der Waals surface area contributed by atoms with Gasteiger partial charge in [0.2, 0.25) is 0 Å². The first-order valence-electron chi connectivity index (χ1n) is 7.03.